The monoisotopic (exact) mass is 426 g/mol. The average molecular weight is 427 g/mol. The van der Waals surface area contributed by atoms with Gasteiger partial charge in [0.05, 0.1) is 17.5 Å². The zero-order valence-electron chi connectivity index (χ0n) is 18.2. The van der Waals surface area contributed by atoms with Crippen LogP contribution in [0.1, 0.15) is 11.4 Å². The molecule has 0 aliphatic rings. The highest BCUT2D eigenvalue weighted by Crippen LogP contribution is 2.16. The Bertz CT molecular complexity index is 1220. The summed E-state index contributed by atoms with van der Waals surface area (Å²) in [5.41, 5.74) is 3.57. The Balaban J connectivity index is 1.54. The fourth-order valence-corrected chi connectivity index (χ4v) is 3.80. The van der Waals surface area contributed by atoms with E-state index in [0.29, 0.717) is 12.2 Å². The molecule has 4 aromatic rings. The molecule has 0 saturated heterocycles. The first kappa shape index (κ1) is 21.3. The first-order chi connectivity index (χ1) is 15.5. The van der Waals surface area contributed by atoms with Gasteiger partial charge in [0.25, 0.3) is 0 Å². The third-order valence-electron chi connectivity index (χ3n) is 5.59. The largest absolute Gasteiger partial charge is 0.344 e. The fraction of sp³-hybridized carbons (Fsp3) is 0.192. The minimum absolute atomic E-state index is 0.0960. The van der Waals surface area contributed by atoms with Crippen LogP contribution in [0.2, 0.25) is 0 Å². The first-order valence-corrected chi connectivity index (χ1v) is 10.6. The highest BCUT2D eigenvalue weighted by Gasteiger charge is 2.26. The van der Waals surface area contributed by atoms with Gasteiger partial charge < -0.3 is 14.8 Å². The summed E-state index contributed by atoms with van der Waals surface area (Å²) in [6.45, 7) is 0. The number of aryl methyl sites for hydroxylation is 1. The predicted molar refractivity (Wildman–Crippen MR) is 126 cm³/mol. The molecule has 6 nitrogen and oxygen atoms in total. The molecule has 6 heteroatoms. The van der Waals surface area contributed by atoms with E-state index in [1.807, 2.05) is 96.5 Å². The van der Waals surface area contributed by atoms with Crippen molar-refractivity contribution in [2.24, 2.45) is 7.05 Å². The van der Waals surface area contributed by atoms with Gasteiger partial charge in [-0.15, -0.1) is 0 Å². The lowest BCUT2D eigenvalue weighted by Gasteiger charge is -2.25. The van der Waals surface area contributed by atoms with Crippen molar-refractivity contribution in [2.75, 3.05) is 11.9 Å². The molecular formula is C26H26N4O2. The molecule has 0 saturated carbocycles. The van der Waals surface area contributed by atoms with E-state index in [1.165, 1.54) is 0 Å². The number of nitrogens with zero attached hydrogens (tertiary/aromatic N) is 3. The predicted octanol–water partition coefficient (Wildman–Crippen LogP) is 3.51. The molecule has 2 amide bonds. The number of rotatable bonds is 7. The Morgan fingerprint density at radius 1 is 0.938 bits per heavy atom. The lowest BCUT2D eigenvalue weighted by atomic mass is 10.0. The Morgan fingerprint density at radius 2 is 1.56 bits per heavy atom. The van der Waals surface area contributed by atoms with Crippen LogP contribution in [0.15, 0.2) is 84.9 Å². The fourth-order valence-electron chi connectivity index (χ4n) is 3.80. The van der Waals surface area contributed by atoms with Crippen LogP contribution in [0.4, 0.5) is 5.69 Å². The number of carbonyl (C=O) groups excluding carboxylic acids is 2. The number of benzene rings is 3. The van der Waals surface area contributed by atoms with Crippen molar-refractivity contribution in [3.8, 4) is 0 Å². The summed E-state index contributed by atoms with van der Waals surface area (Å²) in [6.07, 6.45) is 0.504. The van der Waals surface area contributed by atoms with Gasteiger partial charge in [-0.3, -0.25) is 9.59 Å². The number of anilines is 1. The van der Waals surface area contributed by atoms with Crippen molar-refractivity contribution >= 4 is 28.5 Å². The van der Waals surface area contributed by atoms with Crippen LogP contribution in [-0.4, -0.2) is 34.5 Å². The van der Waals surface area contributed by atoms with Gasteiger partial charge in [-0.05, 0) is 29.8 Å². The van der Waals surface area contributed by atoms with E-state index in [2.05, 4.69) is 10.3 Å². The lowest BCUT2D eigenvalue weighted by molar-refractivity contribution is -0.127. The first-order valence-electron chi connectivity index (χ1n) is 10.6. The van der Waals surface area contributed by atoms with Gasteiger partial charge in [-0.1, -0.05) is 60.7 Å². The van der Waals surface area contributed by atoms with Crippen molar-refractivity contribution in [1.82, 2.24) is 14.9 Å². The zero-order chi connectivity index (χ0) is 22.5. The number of carbonyl (C=O) groups is 2. The van der Waals surface area contributed by atoms with Gasteiger partial charge in [-0.25, -0.2) is 4.98 Å². The molecule has 1 aromatic heterocycles. The quantitative estimate of drug-likeness (QED) is 0.492. The number of fused-ring (bicyclic) bond motifs is 1. The number of hydrogen-bond acceptors (Lipinski definition) is 3. The molecule has 1 atom stereocenters. The molecule has 1 heterocycles. The van der Waals surface area contributed by atoms with Crippen LogP contribution >= 0.6 is 0 Å². The Labute approximate surface area is 187 Å². The second-order valence-electron chi connectivity index (χ2n) is 7.80. The summed E-state index contributed by atoms with van der Waals surface area (Å²) >= 11 is 0. The van der Waals surface area contributed by atoms with E-state index in [9.17, 15) is 9.59 Å². The van der Waals surface area contributed by atoms with E-state index >= 15 is 0 Å². The number of nitrogens with one attached hydrogen (secondary N) is 1. The smallest absolute Gasteiger partial charge is 0.249 e. The third-order valence-corrected chi connectivity index (χ3v) is 5.59. The Kier molecular flexibility index (Phi) is 6.31. The molecule has 162 valence electrons. The molecule has 0 spiro atoms. The molecule has 1 unspecified atom stereocenters. The van der Waals surface area contributed by atoms with Crippen molar-refractivity contribution in [3.05, 3.63) is 96.3 Å². The average Bonchev–Trinajstić information content (AvgIpc) is 3.14. The minimum Gasteiger partial charge on any atom is -0.344 e. The van der Waals surface area contributed by atoms with E-state index in [-0.39, 0.29) is 18.2 Å². The summed E-state index contributed by atoms with van der Waals surface area (Å²) in [4.78, 5) is 32.5. The summed E-state index contributed by atoms with van der Waals surface area (Å²) in [7, 11) is 3.63. The van der Waals surface area contributed by atoms with E-state index in [4.69, 9.17) is 0 Å². The maximum Gasteiger partial charge on any atom is 0.249 e. The van der Waals surface area contributed by atoms with Crippen LogP contribution in [0.5, 0.6) is 0 Å². The van der Waals surface area contributed by atoms with E-state index in [0.717, 1.165) is 22.3 Å². The molecule has 1 N–H and O–H groups in total. The van der Waals surface area contributed by atoms with Crippen LogP contribution < -0.4 is 10.2 Å². The SMILES string of the molecule is CN(C(=O)C(Cc1ccccc1)NC(=O)Cc1nc2ccccc2n1C)c1ccccc1. The number of amides is 2. The Hall–Kier alpha value is -3.93. The molecule has 32 heavy (non-hydrogen) atoms. The number of hydrogen-bond donors (Lipinski definition) is 1. The highest BCUT2D eigenvalue weighted by atomic mass is 16.2. The van der Waals surface area contributed by atoms with Gasteiger partial charge in [0, 0.05) is 26.2 Å². The highest BCUT2D eigenvalue weighted by molar-refractivity contribution is 5.99. The standard InChI is InChI=1S/C26H26N4O2/c1-29(20-13-7-4-8-14-20)26(32)22(17-19-11-5-3-6-12-19)28-25(31)18-24-27-21-15-9-10-16-23(21)30(24)2/h3-16,22H,17-18H2,1-2H3,(H,28,31). The van der Waals surface area contributed by atoms with Crippen molar-refractivity contribution in [3.63, 3.8) is 0 Å². The summed E-state index contributed by atoms with van der Waals surface area (Å²) in [6, 6.07) is 26.2. The van der Waals surface area contributed by atoms with Crippen LogP contribution in [0.25, 0.3) is 11.0 Å². The molecular weight excluding hydrogens is 400 g/mol. The summed E-state index contributed by atoms with van der Waals surface area (Å²) < 4.78 is 1.92. The van der Waals surface area contributed by atoms with E-state index < -0.39 is 6.04 Å². The normalized spacial score (nSPS) is 11.8. The van der Waals surface area contributed by atoms with Gasteiger partial charge in [0.2, 0.25) is 11.8 Å². The molecule has 0 fully saturated rings. The van der Waals surface area contributed by atoms with Gasteiger partial charge in [0.15, 0.2) is 0 Å². The molecule has 0 bridgehead atoms. The van der Waals surface area contributed by atoms with Crippen LogP contribution in [0, 0.1) is 0 Å². The lowest BCUT2D eigenvalue weighted by Crippen LogP contribution is -2.49. The molecule has 4 rings (SSSR count). The number of aromatic nitrogens is 2. The summed E-state index contributed by atoms with van der Waals surface area (Å²) in [5.74, 6) is 0.253. The molecule has 0 aliphatic carbocycles. The third kappa shape index (κ3) is 4.70. The minimum atomic E-state index is -0.690. The maximum atomic E-state index is 13.3. The number of imidazole rings is 1. The zero-order valence-corrected chi connectivity index (χ0v) is 18.2. The van der Waals surface area contributed by atoms with Gasteiger partial charge in [0.1, 0.15) is 11.9 Å². The Morgan fingerprint density at radius 3 is 2.25 bits per heavy atom. The molecule has 0 radical (unpaired) electrons. The second-order valence-corrected chi connectivity index (χ2v) is 7.80. The summed E-state index contributed by atoms with van der Waals surface area (Å²) in [5, 5.41) is 2.95. The van der Waals surface area contributed by atoms with Gasteiger partial charge in [-0.2, -0.15) is 0 Å². The second kappa shape index (κ2) is 9.47. The van der Waals surface area contributed by atoms with Crippen LogP contribution in [-0.2, 0) is 29.5 Å². The molecule has 3 aromatic carbocycles. The topological polar surface area (TPSA) is 67.2 Å². The van der Waals surface area contributed by atoms with Crippen molar-refractivity contribution in [2.45, 2.75) is 18.9 Å². The van der Waals surface area contributed by atoms with Gasteiger partial charge >= 0.3 is 0 Å². The maximum absolute atomic E-state index is 13.3. The van der Waals surface area contributed by atoms with Crippen LogP contribution in [0.3, 0.4) is 0 Å². The molecule has 0 aliphatic heterocycles. The van der Waals surface area contributed by atoms with Crippen molar-refractivity contribution in [1.29, 1.82) is 0 Å². The van der Waals surface area contributed by atoms with E-state index in [1.54, 1.807) is 11.9 Å². The van der Waals surface area contributed by atoms with Crippen molar-refractivity contribution < 1.29 is 9.59 Å². The number of likely N-dealkylation sites (N-methyl/N-ethyl adjacent to an activating group) is 1. The number of para-hydroxylation sites is 3.